The third-order valence-electron chi connectivity index (χ3n) is 3.06. The molecule has 0 aliphatic carbocycles. The summed E-state index contributed by atoms with van der Waals surface area (Å²) in [7, 11) is 0. The zero-order valence-corrected chi connectivity index (χ0v) is 12.5. The lowest BCUT2D eigenvalue weighted by atomic mass is 10.2. The number of hydrogen-bond acceptors (Lipinski definition) is 4. The Morgan fingerprint density at radius 1 is 1.22 bits per heavy atom. The van der Waals surface area contributed by atoms with Crippen molar-refractivity contribution in [2.75, 3.05) is 19.8 Å². The van der Waals surface area contributed by atoms with Crippen molar-refractivity contribution >= 4 is 5.97 Å². The summed E-state index contributed by atoms with van der Waals surface area (Å²) in [6.07, 6.45) is 1.39. The summed E-state index contributed by atoms with van der Waals surface area (Å²) < 4.78 is 24.5. The van der Waals surface area contributed by atoms with Crippen molar-refractivity contribution in [3.05, 3.63) is 58.3 Å². The van der Waals surface area contributed by atoms with Gasteiger partial charge in [0.25, 0.3) is 5.56 Å². The monoisotopic (exact) mass is 321 g/mol. The first-order valence-corrected chi connectivity index (χ1v) is 7.00. The molecule has 0 unspecified atom stereocenters. The van der Waals surface area contributed by atoms with E-state index >= 15 is 0 Å². The molecule has 0 fully saturated rings. The molecule has 122 valence electrons. The summed E-state index contributed by atoms with van der Waals surface area (Å²) in [6, 6.07) is 6.54. The van der Waals surface area contributed by atoms with Crippen LogP contribution in [-0.4, -0.2) is 35.5 Å². The van der Waals surface area contributed by atoms with Crippen LogP contribution >= 0.6 is 0 Å². The first-order valence-electron chi connectivity index (χ1n) is 7.00. The molecule has 1 N–H and O–H groups in total. The van der Waals surface area contributed by atoms with Crippen LogP contribution in [0.25, 0.3) is 5.69 Å². The first kappa shape index (κ1) is 16.7. The van der Waals surface area contributed by atoms with Crippen LogP contribution < -0.4 is 10.3 Å². The average molecular weight is 321 g/mol. The maximum Gasteiger partial charge on any atom is 0.345 e. The number of rotatable bonds is 7. The zero-order chi connectivity index (χ0) is 16.8. The fraction of sp³-hybridized carbons (Fsp3) is 0.250. The number of ether oxygens (including phenoxy) is 2. The van der Waals surface area contributed by atoms with Crippen molar-refractivity contribution in [2.45, 2.75) is 6.92 Å². The smallest absolute Gasteiger partial charge is 0.345 e. The van der Waals surface area contributed by atoms with Gasteiger partial charge >= 0.3 is 5.97 Å². The summed E-state index contributed by atoms with van der Waals surface area (Å²) in [6.45, 7) is 2.76. The summed E-state index contributed by atoms with van der Waals surface area (Å²) in [5.74, 6) is -1.87. The van der Waals surface area contributed by atoms with Crippen molar-refractivity contribution in [1.29, 1.82) is 0 Å². The number of benzene rings is 1. The molecule has 0 spiro atoms. The highest BCUT2D eigenvalue weighted by Crippen LogP contribution is 2.16. The van der Waals surface area contributed by atoms with Crippen molar-refractivity contribution in [3.63, 3.8) is 0 Å². The molecule has 0 amide bonds. The second-order valence-electron chi connectivity index (χ2n) is 4.56. The number of pyridine rings is 1. The number of carbonyl (C=O) groups is 1. The Hall–Kier alpha value is -2.67. The van der Waals surface area contributed by atoms with Gasteiger partial charge in [0.15, 0.2) is 5.56 Å². The predicted octanol–water partition coefficient (Wildman–Crippen LogP) is 2.09. The topological polar surface area (TPSA) is 77.8 Å². The van der Waals surface area contributed by atoms with Gasteiger partial charge in [0.05, 0.1) is 6.61 Å². The van der Waals surface area contributed by atoms with Gasteiger partial charge in [0.2, 0.25) is 0 Å². The van der Waals surface area contributed by atoms with Gasteiger partial charge in [-0.1, -0.05) is 0 Å². The number of nitrogens with zero attached hydrogens (tertiary/aromatic N) is 1. The maximum atomic E-state index is 13.0. The van der Waals surface area contributed by atoms with E-state index in [0.29, 0.717) is 12.3 Å². The first-order chi connectivity index (χ1) is 11.0. The van der Waals surface area contributed by atoms with Crippen molar-refractivity contribution in [2.24, 2.45) is 0 Å². The molecule has 7 heteroatoms. The van der Waals surface area contributed by atoms with Crippen LogP contribution in [0.5, 0.6) is 5.75 Å². The Labute approximate surface area is 131 Å². The summed E-state index contributed by atoms with van der Waals surface area (Å²) in [5, 5.41) is 9.28. The molecular weight excluding hydrogens is 305 g/mol. The van der Waals surface area contributed by atoms with Crippen LogP contribution in [0.1, 0.15) is 17.3 Å². The third kappa shape index (κ3) is 3.95. The molecule has 0 saturated heterocycles. The van der Waals surface area contributed by atoms with E-state index < -0.39 is 22.9 Å². The van der Waals surface area contributed by atoms with Crippen molar-refractivity contribution in [1.82, 2.24) is 4.57 Å². The average Bonchev–Trinajstić information content (AvgIpc) is 2.52. The number of aromatic carboxylic acids is 1. The van der Waals surface area contributed by atoms with Gasteiger partial charge < -0.3 is 14.6 Å². The molecule has 2 aromatic rings. The van der Waals surface area contributed by atoms with Crippen LogP contribution in [0.2, 0.25) is 0 Å². The van der Waals surface area contributed by atoms with E-state index in [2.05, 4.69) is 0 Å². The highest BCUT2D eigenvalue weighted by molar-refractivity contribution is 5.90. The SMILES string of the molecule is CCOCCOc1ccn(-c2ccc(F)cc2)c(=O)c1C(=O)O. The van der Waals surface area contributed by atoms with Crippen LogP contribution in [0.4, 0.5) is 4.39 Å². The van der Waals surface area contributed by atoms with Gasteiger partial charge in [-0.05, 0) is 37.3 Å². The van der Waals surface area contributed by atoms with E-state index in [9.17, 15) is 19.1 Å². The predicted molar refractivity (Wildman–Crippen MR) is 80.9 cm³/mol. The van der Waals surface area contributed by atoms with E-state index in [-0.39, 0.29) is 19.0 Å². The molecule has 1 aromatic heterocycles. The molecule has 0 radical (unpaired) electrons. The minimum atomic E-state index is -1.39. The lowest BCUT2D eigenvalue weighted by Gasteiger charge is -2.12. The van der Waals surface area contributed by atoms with Gasteiger partial charge in [-0.2, -0.15) is 0 Å². The minimum Gasteiger partial charge on any atom is -0.490 e. The number of aromatic nitrogens is 1. The molecule has 0 bridgehead atoms. The zero-order valence-electron chi connectivity index (χ0n) is 12.5. The lowest BCUT2D eigenvalue weighted by molar-refractivity contribution is 0.0684. The normalized spacial score (nSPS) is 10.5. The Bertz CT molecular complexity index is 739. The molecule has 2 rings (SSSR count). The molecular formula is C16H16FNO5. The van der Waals surface area contributed by atoms with Gasteiger partial charge in [0, 0.05) is 18.5 Å². The fourth-order valence-corrected chi connectivity index (χ4v) is 2.00. The van der Waals surface area contributed by atoms with Crippen molar-refractivity contribution in [3.8, 4) is 11.4 Å². The number of halogens is 1. The number of carboxylic acid groups (broad SMARTS) is 1. The minimum absolute atomic E-state index is 0.0273. The van der Waals surface area contributed by atoms with E-state index in [4.69, 9.17) is 9.47 Å². The van der Waals surface area contributed by atoms with Gasteiger partial charge in [-0.3, -0.25) is 9.36 Å². The quantitative estimate of drug-likeness (QED) is 0.790. The number of carboxylic acids is 1. The Balaban J connectivity index is 2.37. The molecule has 0 saturated carbocycles. The third-order valence-corrected chi connectivity index (χ3v) is 3.06. The van der Waals surface area contributed by atoms with E-state index in [0.717, 1.165) is 4.57 Å². The summed E-state index contributed by atoms with van der Waals surface area (Å²) >= 11 is 0. The van der Waals surface area contributed by atoms with Gasteiger partial charge in [-0.25, -0.2) is 9.18 Å². The Morgan fingerprint density at radius 3 is 2.52 bits per heavy atom. The van der Waals surface area contributed by atoms with Crippen LogP contribution in [-0.2, 0) is 4.74 Å². The highest BCUT2D eigenvalue weighted by Gasteiger charge is 2.19. The summed E-state index contributed by atoms with van der Waals surface area (Å²) in [4.78, 5) is 23.8. The standard InChI is InChI=1S/C16H16FNO5/c1-2-22-9-10-23-13-7-8-18(15(19)14(13)16(20)21)12-5-3-11(17)4-6-12/h3-8H,2,9-10H2,1H3,(H,20,21). The van der Waals surface area contributed by atoms with Gasteiger partial charge in [0.1, 0.15) is 18.2 Å². The second-order valence-corrected chi connectivity index (χ2v) is 4.56. The Morgan fingerprint density at radius 2 is 1.91 bits per heavy atom. The van der Waals surface area contributed by atoms with Crippen molar-refractivity contribution < 1.29 is 23.8 Å². The lowest BCUT2D eigenvalue weighted by Crippen LogP contribution is -2.26. The molecule has 6 nitrogen and oxygen atoms in total. The maximum absolute atomic E-state index is 13.0. The van der Waals surface area contributed by atoms with E-state index in [1.807, 2.05) is 6.92 Å². The van der Waals surface area contributed by atoms with Crippen LogP contribution in [0.15, 0.2) is 41.3 Å². The fourth-order valence-electron chi connectivity index (χ4n) is 2.00. The highest BCUT2D eigenvalue weighted by atomic mass is 19.1. The Kier molecular flexibility index (Phi) is 5.48. The second kappa shape index (κ2) is 7.55. The van der Waals surface area contributed by atoms with E-state index in [1.165, 1.54) is 36.5 Å². The molecule has 0 atom stereocenters. The van der Waals surface area contributed by atoms with Crippen LogP contribution in [0.3, 0.4) is 0 Å². The largest absolute Gasteiger partial charge is 0.490 e. The molecule has 0 aliphatic rings. The molecule has 23 heavy (non-hydrogen) atoms. The molecule has 1 aromatic carbocycles. The van der Waals surface area contributed by atoms with Gasteiger partial charge in [-0.15, -0.1) is 0 Å². The van der Waals surface area contributed by atoms with E-state index in [1.54, 1.807) is 0 Å². The summed E-state index contributed by atoms with van der Waals surface area (Å²) in [5.41, 5.74) is -0.869. The molecule has 0 aliphatic heterocycles. The number of hydrogen-bond donors (Lipinski definition) is 1. The molecule has 1 heterocycles. The van der Waals surface area contributed by atoms with Crippen LogP contribution in [0, 0.1) is 5.82 Å².